The van der Waals surface area contributed by atoms with Crippen molar-refractivity contribution in [3.8, 4) is 0 Å². The molecule has 0 spiro atoms. The van der Waals surface area contributed by atoms with Crippen molar-refractivity contribution in [2.24, 2.45) is 0 Å². The second-order valence-electron chi connectivity index (χ2n) is 4.25. The molecule has 1 aliphatic heterocycles. The summed E-state index contributed by atoms with van der Waals surface area (Å²) in [5, 5.41) is 2.78. The third kappa shape index (κ3) is 2.30. The number of fused-ring (bicyclic) bond motifs is 1. The van der Waals surface area contributed by atoms with Gasteiger partial charge in [-0.3, -0.25) is 4.79 Å². The van der Waals surface area contributed by atoms with Gasteiger partial charge in [0.05, 0.1) is 14.9 Å². The molecule has 0 bridgehead atoms. The van der Waals surface area contributed by atoms with Crippen molar-refractivity contribution in [1.82, 2.24) is 0 Å². The van der Waals surface area contributed by atoms with Crippen LogP contribution in [0, 0.1) is 9.39 Å². The maximum atomic E-state index is 13.7. The Morgan fingerprint density at radius 1 is 1.21 bits per heavy atom. The smallest absolute Gasteiger partial charge is 0.244 e. The molecule has 0 aromatic heterocycles. The molecule has 0 radical (unpaired) electrons. The van der Waals surface area contributed by atoms with E-state index in [9.17, 15) is 9.18 Å². The Bertz CT molecular complexity index is 645. The van der Waals surface area contributed by atoms with E-state index in [2.05, 4.69) is 5.32 Å². The van der Waals surface area contributed by atoms with E-state index >= 15 is 0 Å². The van der Waals surface area contributed by atoms with E-state index in [-0.39, 0.29) is 18.3 Å². The van der Waals surface area contributed by atoms with Crippen molar-refractivity contribution in [3.63, 3.8) is 0 Å². The fraction of sp³-hybridized carbons (Fsp3) is 0.0714. The molecular formula is C14H10FIN2O. The maximum absolute atomic E-state index is 13.7. The summed E-state index contributed by atoms with van der Waals surface area (Å²) < 4.78 is 14.2. The Labute approximate surface area is 123 Å². The first-order valence-corrected chi connectivity index (χ1v) is 6.84. The normalized spacial score (nSPS) is 14.0. The molecule has 2 aromatic carbocycles. The quantitative estimate of drug-likeness (QED) is 0.782. The second-order valence-corrected chi connectivity index (χ2v) is 5.42. The Hall–Kier alpha value is -1.63. The first-order valence-electron chi connectivity index (χ1n) is 5.76. The van der Waals surface area contributed by atoms with Gasteiger partial charge in [-0.25, -0.2) is 4.39 Å². The molecule has 1 heterocycles. The summed E-state index contributed by atoms with van der Waals surface area (Å²) in [4.78, 5) is 13.6. The molecular weight excluding hydrogens is 358 g/mol. The Morgan fingerprint density at radius 2 is 1.95 bits per heavy atom. The first kappa shape index (κ1) is 12.4. The number of carbonyl (C=O) groups excluding carboxylic acids is 1. The lowest BCUT2D eigenvalue weighted by Gasteiger charge is -2.31. The third-order valence-electron chi connectivity index (χ3n) is 2.97. The minimum atomic E-state index is -0.281. The standard InChI is InChI=1S/C14H10FIN2O/c15-10-6-13-12(7-11(10)16)17-14(19)8-18(13)9-4-2-1-3-5-9/h1-7H,8H2,(H,17,19). The molecule has 5 heteroatoms. The van der Waals surface area contributed by atoms with E-state index in [1.807, 2.05) is 57.8 Å². The van der Waals surface area contributed by atoms with Gasteiger partial charge in [-0.05, 0) is 40.8 Å². The fourth-order valence-corrected chi connectivity index (χ4v) is 2.58. The van der Waals surface area contributed by atoms with E-state index in [1.54, 1.807) is 6.07 Å². The van der Waals surface area contributed by atoms with Crippen LogP contribution < -0.4 is 10.2 Å². The highest BCUT2D eigenvalue weighted by atomic mass is 127. The molecule has 1 amide bonds. The van der Waals surface area contributed by atoms with Gasteiger partial charge in [0.25, 0.3) is 0 Å². The summed E-state index contributed by atoms with van der Waals surface area (Å²) in [6.45, 7) is 0.192. The lowest BCUT2D eigenvalue weighted by molar-refractivity contribution is -0.115. The molecule has 19 heavy (non-hydrogen) atoms. The highest BCUT2D eigenvalue weighted by Gasteiger charge is 2.24. The van der Waals surface area contributed by atoms with E-state index < -0.39 is 0 Å². The summed E-state index contributed by atoms with van der Waals surface area (Å²) >= 11 is 1.91. The summed E-state index contributed by atoms with van der Waals surface area (Å²) in [6.07, 6.45) is 0. The van der Waals surface area contributed by atoms with Crippen LogP contribution in [0.15, 0.2) is 42.5 Å². The first-order chi connectivity index (χ1) is 9.15. The van der Waals surface area contributed by atoms with Gasteiger partial charge in [-0.15, -0.1) is 0 Å². The van der Waals surface area contributed by atoms with Gasteiger partial charge in [0.2, 0.25) is 5.91 Å². The van der Waals surface area contributed by atoms with Crippen LogP contribution in [0.25, 0.3) is 0 Å². The molecule has 0 saturated carbocycles. The van der Waals surface area contributed by atoms with Gasteiger partial charge in [0, 0.05) is 11.8 Å². The number of nitrogens with zero attached hydrogens (tertiary/aromatic N) is 1. The summed E-state index contributed by atoms with van der Waals surface area (Å²) in [5.74, 6) is -0.379. The van der Waals surface area contributed by atoms with Crippen molar-refractivity contribution < 1.29 is 9.18 Å². The van der Waals surface area contributed by atoms with Crippen molar-refractivity contribution in [2.75, 3.05) is 16.8 Å². The van der Waals surface area contributed by atoms with Crippen molar-refractivity contribution in [2.45, 2.75) is 0 Å². The Balaban J connectivity index is 2.14. The van der Waals surface area contributed by atoms with E-state index in [0.717, 1.165) is 5.69 Å². The minimum Gasteiger partial charge on any atom is -0.330 e. The molecule has 0 fully saturated rings. The van der Waals surface area contributed by atoms with Crippen molar-refractivity contribution >= 4 is 45.6 Å². The van der Waals surface area contributed by atoms with Gasteiger partial charge in [0.15, 0.2) is 0 Å². The predicted octanol–water partition coefficient (Wildman–Crippen LogP) is 3.52. The highest BCUT2D eigenvalue weighted by Crippen LogP contribution is 2.36. The number of anilines is 3. The van der Waals surface area contributed by atoms with Crippen LogP contribution in [-0.2, 0) is 4.79 Å². The number of benzene rings is 2. The van der Waals surface area contributed by atoms with Crippen LogP contribution >= 0.6 is 22.6 Å². The van der Waals surface area contributed by atoms with Crippen LogP contribution in [0.1, 0.15) is 0 Å². The number of rotatable bonds is 1. The monoisotopic (exact) mass is 368 g/mol. The third-order valence-corrected chi connectivity index (χ3v) is 3.80. The summed E-state index contributed by atoms with van der Waals surface area (Å²) in [6, 6.07) is 12.6. The van der Waals surface area contributed by atoms with E-state index in [4.69, 9.17) is 0 Å². The highest BCUT2D eigenvalue weighted by molar-refractivity contribution is 14.1. The SMILES string of the molecule is O=C1CN(c2ccccc2)c2cc(F)c(I)cc2N1. The molecule has 1 N–H and O–H groups in total. The molecule has 0 atom stereocenters. The molecule has 96 valence electrons. The van der Waals surface area contributed by atoms with Crippen LogP contribution in [0.3, 0.4) is 0 Å². The zero-order valence-electron chi connectivity index (χ0n) is 9.86. The average molecular weight is 368 g/mol. The topological polar surface area (TPSA) is 32.3 Å². The zero-order chi connectivity index (χ0) is 13.4. The lowest BCUT2D eigenvalue weighted by atomic mass is 10.1. The Morgan fingerprint density at radius 3 is 2.68 bits per heavy atom. The minimum absolute atomic E-state index is 0.0984. The van der Waals surface area contributed by atoms with Crippen molar-refractivity contribution in [3.05, 3.63) is 51.9 Å². The average Bonchev–Trinajstić information content (AvgIpc) is 2.41. The van der Waals surface area contributed by atoms with Gasteiger partial charge < -0.3 is 10.2 Å². The van der Waals surface area contributed by atoms with Crippen LogP contribution in [0.5, 0.6) is 0 Å². The van der Waals surface area contributed by atoms with Gasteiger partial charge in [-0.1, -0.05) is 18.2 Å². The largest absolute Gasteiger partial charge is 0.330 e. The van der Waals surface area contributed by atoms with Crippen LogP contribution in [0.2, 0.25) is 0 Å². The number of amides is 1. The second kappa shape index (κ2) is 4.80. The predicted molar refractivity (Wildman–Crippen MR) is 81.2 cm³/mol. The van der Waals surface area contributed by atoms with Gasteiger partial charge in [0.1, 0.15) is 12.4 Å². The van der Waals surface area contributed by atoms with Crippen molar-refractivity contribution in [1.29, 1.82) is 0 Å². The summed E-state index contributed by atoms with van der Waals surface area (Å²) in [5.41, 5.74) is 2.20. The molecule has 0 saturated heterocycles. The number of nitrogens with one attached hydrogen (secondary N) is 1. The molecule has 3 nitrogen and oxygen atoms in total. The lowest BCUT2D eigenvalue weighted by Crippen LogP contribution is -2.35. The Kier molecular flexibility index (Phi) is 3.14. The van der Waals surface area contributed by atoms with Crippen LogP contribution in [0.4, 0.5) is 21.5 Å². The maximum Gasteiger partial charge on any atom is 0.244 e. The zero-order valence-corrected chi connectivity index (χ0v) is 12.0. The molecule has 1 aliphatic rings. The molecule has 0 aliphatic carbocycles. The number of hydrogen-bond donors (Lipinski definition) is 1. The molecule has 3 rings (SSSR count). The fourth-order valence-electron chi connectivity index (χ4n) is 2.12. The van der Waals surface area contributed by atoms with E-state index in [0.29, 0.717) is 14.9 Å². The van der Waals surface area contributed by atoms with E-state index in [1.165, 1.54) is 6.07 Å². The number of halogens is 2. The molecule has 0 unspecified atom stereocenters. The number of hydrogen-bond acceptors (Lipinski definition) is 2. The number of para-hydroxylation sites is 1. The molecule has 2 aromatic rings. The number of carbonyl (C=O) groups is 1. The van der Waals surface area contributed by atoms with Gasteiger partial charge >= 0.3 is 0 Å². The van der Waals surface area contributed by atoms with Gasteiger partial charge in [-0.2, -0.15) is 0 Å². The van der Waals surface area contributed by atoms with Crippen LogP contribution in [-0.4, -0.2) is 12.5 Å². The summed E-state index contributed by atoms with van der Waals surface area (Å²) in [7, 11) is 0.